The first-order valence-electron chi connectivity index (χ1n) is 12.5. The zero-order valence-electron chi connectivity index (χ0n) is 22.1. The maximum absolute atomic E-state index is 11.8. The highest BCUT2D eigenvalue weighted by molar-refractivity contribution is 7.15. The number of aliphatic carboxylic acids is 1. The third-order valence-electron chi connectivity index (χ3n) is 6.67. The van der Waals surface area contributed by atoms with Gasteiger partial charge < -0.3 is 10.2 Å². The summed E-state index contributed by atoms with van der Waals surface area (Å²) >= 11 is 1.65. The van der Waals surface area contributed by atoms with Gasteiger partial charge in [-0.2, -0.15) is 0 Å². The van der Waals surface area contributed by atoms with Crippen molar-refractivity contribution >= 4 is 29.1 Å². The van der Waals surface area contributed by atoms with Crippen LogP contribution in [0, 0.1) is 20.8 Å². The standard InChI is InChI=1S/C30H30N4O3S/c1-17-18(2)38-29-26(17)27(31-24(16-25(35)36)28-33-32-19(3)34(28)29)22-11-9-21(10-12-22)23-8-6-7-20(15-23)13-14-30(4,5)37/h6-15,24,37H,16H2,1-5H3,(H,35,36)/b14-13+/t24-/m0/s1. The van der Waals surface area contributed by atoms with E-state index in [1.165, 1.54) is 4.88 Å². The van der Waals surface area contributed by atoms with E-state index < -0.39 is 17.6 Å². The van der Waals surface area contributed by atoms with Gasteiger partial charge in [-0.3, -0.25) is 14.4 Å². The minimum atomic E-state index is -0.933. The van der Waals surface area contributed by atoms with Crippen LogP contribution in [0.1, 0.15) is 65.1 Å². The molecule has 194 valence electrons. The average molecular weight is 527 g/mol. The Morgan fingerprint density at radius 2 is 1.76 bits per heavy atom. The molecule has 0 saturated carbocycles. The molecule has 0 unspecified atom stereocenters. The molecular weight excluding hydrogens is 496 g/mol. The third-order valence-corrected chi connectivity index (χ3v) is 7.86. The minimum absolute atomic E-state index is 0.169. The lowest BCUT2D eigenvalue weighted by Gasteiger charge is -2.12. The smallest absolute Gasteiger partial charge is 0.306 e. The zero-order valence-corrected chi connectivity index (χ0v) is 22.9. The van der Waals surface area contributed by atoms with Crippen LogP contribution in [-0.2, 0) is 4.79 Å². The summed E-state index contributed by atoms with van der Waals surface area (Å²) in [6.45, 7) is 9.54. The largest absolute Gasteiger partial charge is 0.481 e. The Morgan fingerprint density at radius 1 is 1.05 bits per heavy atom. The van der Waals surface area contributed by atoms with Crippen LogP contribution in [0.25, 0.3) is 22.2 Å². The average Bonchev–Trinajstić information content (AvgIpc) is 3.34. The van der Waals surface area contributed by atoms with Crippen molar-refractivity contribution in [2.45, 2.75) is 52.7 Å². The van der Waals surface area contributed by atoms with Crippen LogP contribution >= 0.6 is 11.3 Å². The molecule has 0 bridgehead atoms. The van der Waals surface area contributed by atoms with Gasteiger partial charge in [0.05, 0.1) is 17.7 Å². The highest BCUT2D eigenvalue weighted by Gasteiger charge is 2.32. The maximum atomic E-state index is 11.8. The van der Waals surface area contributed by atoms with Gasteiger partial charge in [0.1, 0.15) is 16.9 Å². The summed E-state index contributed by atoms with van der Waals surface area (Å²) in [6, 6.07) is 15.7. The van der Waals surface area contributed by atoms with E-state index in [4.69, 9.17) is 4.99 Å². The number of aromatic nitrogens is 3. The predicted molar refractivity (Wildman–Crippen MR) is 151 cm³/mol. The van der Waals surface area contributed by atoms with Crippen LogP contribution in [0.4, 0.5) is 0 Å². The number of hydrogen-bond donors (Lipinski definition) is 2. The number of rotatable bonds is 6. The molecule has 2 N–H and O–H groups in total. The number of hydrogen-bond acceptors (Lipinski definition) is 6. The van der Waals surface area contributed by atoms with E-state index in [0.29, 0.717) is 11.6 Å². The van der Waals surface area contributed by atoms with Crippen molar-refractivity contribution in [3.63, 3.8) is 0 Å². The van der Waals surface area contributed by atoms with E-state index in [2.05, 4.69) is 48.3 Å². The van der Waals surface area contributed by atoms with Crippen molar-refractivity contribution in [3.05, 3.63) is 93.4 Å². The molecule has 0 fully saturated rings. The van der Waals surface area contributed by atoms with Crippen molar-refractivity contribution in [1.82, 2.24) is 14.8 Å². The second kappa shape index (κ2) is 9.78. The van der Waals surface area contributed by atoms with Gasteiger partial charge >= 0.3 is 5.97 Å². The number of aliphatic hydroxyl groups is 1. The number of aliphatic imine (C=N–C) groups is 1. The first kappa shape index (κ1) is 25.8. The summed E-state index contributed by atoms with van der Waals surface area (Å²) in [5, 5.41) is 29.2. The molecule has 38 heavy (non-hydrogen) atoms. The summed E-state index contributed by atoms with van der Waals surface area (Å²) in [7, 11) is 0. The summed E-state index contributed by atoms with van der Waals surface area (Å²) in [5.41, 5.74) is 6.04. The number of fused-ring (bicyclic) bond motifs is 3. The Bertz CT molecular complexity index is 1590. The van der Waals surface area contributed by atoms with E-state index in [-0.39, 0.29) is 6.42 Å². The van der Waals surface area contributed by atoms with Gasteiger partial charge in [0.2, 0.25) is 0 Å². The molecule has 1 atom stereocenters. The van der Waals surface area contributed by atoms with Crippen LogP contribution in [0.15, 0.2) is 59.6 Å². The van der Waals surface area contributed by atoms with Crippen molar-refractivity contribution in [2.24, 2.45) is 4.99 Å². The van der Waals surface area contributed by atoms with Crippen LogP contribution in [0.5, 0.6) is 0 Å². The monoisotopic (exact) mass is 526 g/mol. The Morgan fingerprint density at radius 3 is 2.45 bits per heavy atom. The molecule has 2 aromatic heterocycles. The summed E-state index contributed by atoms with van der Waals surface area (Å²) < 4.78 is 1.96. The fourth-order valence-corrected chi connectivity index (χ4v) is 5.85. The molecule has 4 aromatic rings. The zero-order chi connectivity index (χ0) is 27.2. The van der Waals surface area contributed by atoms with Gasteiger partial charge in [0, 0.05) is 16.0 Å². The van der Waals surface area contributed by atoms with Crippen LogP contribution in [-0.4, -0.2) is 42.3 Å². The third kappa shape index (κ3) is 4.97. The molecule has 0 amide bonds. The van der Waals surface area contributed by atoms with Crippen LogP contribution in [0.2, 0.25) is 0 Å². The number of aryl methyl sites for hydroxylation is 2. The number of thiophene rings is 1. The van der Waals surface area contributed by atoms with Gasteiger partial charge in [0.15, 0.2) is 5.82 Å². The molecule has 0 radical (unpaired) electrons. The molecule has 5 rings (SSSR count). The summed E-state index contributed by atoms with van der Waals surface area (Å²) in [4.78, 5) is 17.9. The van der Waals surface area contributed by atoms with Crippen LogP contribution < -0.4 is 0 Å². The molecule has 2 aromatic carbocycles. The quantitative estimate of drug-likeness (QED) is 0.317. The van der Waals surface area contributed by atoms with E-state index in [9.17, 15) is 15.0 Å². The number of nitrogens with zero attached hydrogens (tertiary/aromatic N) is 4. The SMILES string of the molecule is Cc1sc2c(c1C)C(c1ccc(-c3cccc(/C=C/C(C)(C)O)c3)cc1)=N[C@@H](CC(=O)O)c1nnc(C)n1-2. The molecule has 0 aliphatic carbocycles. The van der Waals surface area contributed by atoms with Crippen molar-refractivity contribution < 1.29 is 15.0 Å². The summed E-state index contributed by atoms with van der Waals surface area (Å²) in [5.74, 6) is 0.329. The molecular formula is C30H30N4O3S. The second-order valence-corrected chi connectivity index (χ2v) is 11.4. The number of carboxylic acid groups (broad SMARTS) is 1. The van der Waals surface area contributed by atoms with Crippen molar-refractivity contribution in [2.75, 3.05) is 0 Å². The van der Waals surface area contributed by atoms with Gasteiger partial charge in [-0.25, -0.2) is 0 Å². The van der Waals surface area contributed by atoms with E-state index in [0.717, 1.165) is 44.1 Å². The number of carbonyl (C=O) groups is 1. The van der Waals surface area contributed by atoms with Gasteiger partial charge in [-0.1, -0.05) is 54.6 Å². The van der Waals surface area contributed by atoms with E-state index in [1.54, 1.807) is 31.3 Å². The number of benzene rings is 2. The Kier molecular flexibility index (Phi) is 6.63. The molecule has 8 heteroatoms. The minimum Gasteiger partial charge on any atom is -0.481 e. The Labute approximate surface area is 225 Å². The first-order valence-corrected chi connectivity index (χ1v) is 13.3. The van der Waals surface area contributed by atoms with E-state index in [1.807, 2.05) is 41.8 Å². The number of carboxylic acids is 1. The van der Waals surface area contributed by atoms with E-state index >= 15 is 0 Å². The normalized spacial score (nSPS) is 15.2. The topological polar surface area (TPSA) is 101 Å². The lowest BCUT2D eigenvalue weighted by Crippen LogP contribution is -2.13. The van der Waals surface area contributed by atoms with Gasteiger partial charge in [0.25, 0.3) is 0 Å². The second-order valence-electron chi connectivity index (χ2n) is 10.2. The highest BCUT2D eigenvalue weighted by atomic mass is 32.1. The lowest BCUT2D eigenvalue weighted by molar-refractivity contribution is -0.137. The van der Waals surface area contributed by atoms with Gasteiger partial charge in [-0.15, -0.1) is 21.5 Å². The molecule has 1 aliphatic heterocycles. The van der Waals surface area contributed by atoms with Gasteiger partial charge in [-0.05, 0) is 62.9 Å². The molecule has 7 nitrogen and oxygen atoms in total. The van der Waals surface area contributed by atoms with Crippen molar-refractivity contribution in [1.29, 1.82) is 0 Å². The lowest BCUT2D eigenvalue weighted by atomic mass is 9.96. The maximum Gasteiger partial charge on any atom is 0.306 e. The Hall–Kier alpha value is -3.88. The van der Waals surface area contributed by atoms with Crippen molar-refractivity contribution in [3.8, 4) is 16.1 Å². The predicted octanol–water partition coefficient (Wildman–Crippen LogP) is 6.07. The van der Waals surface area contributed by atoms with Crippen LogP contribution in [0.3, 0.4) is 0 Å². The Balaban J connectivity index is 1.59. The molecule has 0 spiro atoms. The fourth-order valence-electron chi connectivity index (χ4n) is 4.63. The fraction of sp³-hybridized carbons (Fsp3) is 0.267. The molecule has 0 saturated heterocycles. The first-order chi connectivity index (χ1) is 18.0. The molecule has 3 heterocycles. The highest BCUT2D eigenvalue weighted by Crippen LogP contribution is 2.39. The summed E-state index contributed by atoms with van der Waals surface area (Å²) in [6.07, 6.45) is 3.53. The molecule has 1 aliphatic rings.